The number of esters is 1. The Morgan fingerprint density at radius 1 is 1.22 bits per heavy atom. The highest BCUT2D eigenvalue weighted by atomic mass is 16.6. The van der Waals surface area contributed by atoms with E-state index in [0.29, 0.717) is 65.0 Å². The van der Waals surface area contributed by atoms with Gasteiger partial charge in [-0.25, -0.2) is 0 Å². The summed E-state index contributed by atoms with van der Waals surface area (Å²) in [6.07, 6.45) is 4.64. The average molecular weight is 633 g/mol. The maximum absolute atomic E-state index is 14.6. The Morgan fingerprint density at radius 3 is 2.60 bits per heavy atom. The normalized spacial score (nSPS) is 29.5. The van der Waals surface area contributed by atoms with E-state index < -0.39 is 47.7 Å². The summed E-state index contributed by atoms with van der Waals surface area (Å²) in [5.74, 6) is -3.24. The number of nitrogens with zero attached hydrogens (tertiary/aromatic N) is 3. The second-order valence-electron chi connectivity index (χ2n) is 12.8. The highest BCUT2D eigenvalue weighted by Gasteiger charge is 2.75. The molecular formula is C33H52N4O8. The molecule has 0 aromatic heterocycles. The molecule has 4 aliphatic rings. The Bertz CT molecular complexity index is 1100. The Labute approximate surface area is 267 Å². The molecule has 4 saturated heterocycles. The minimum Gasteiger partial charge on any atom is -0.460 e. The molecule has 4 heterocycles. The molecule has 4 rings (SSSR count). The van der Waals surface area contributed by atoms with E-state index in [4.69, 9.17) is 14.2 Å². The van der Waals surface area contributed by atoms with Gasteiger partial charge in [0, 0.05) is 39.1 Å². The van der Waals surface area contributed by atoms with Gasteiger partial charge in [-0.1, -0.05) is 32.4 Å². The molecule has 0 saturated carbocycles. The fraction of sp³-hybridized carbons (Fsp3) is 0.758. The van der Waals surface area contributed by atoms with Gasteiger partial charge in [0.05, 0.1) is 50.3 Å². The van der Waals surface area contributed by atoms with Crippen molar-refractivity contribution < 1.29 is 38.5 Å². The number of amides is 3. The van der Waals surface area contributed by atoms with Gasteiger partial charge in [-0.15, -0.1) is 13.2 Å². The zero-order chi connectivity index (χ0) is 32.7. The van der Waals surface area contributed by atoms with Crippen LogP contribution in [0.25, 0.3) is 0 Å². The number of hydrogen-bond donors (Lipinski definition) is 2. The molecule has 12 nitrogen and oxygen atoms in total. The molecule has 0 unspecified atom stereocenters. The summed E-state index contributed by atoms with van der Waals surface area (Å²) in [6, 6.07) is -1.61. The summed E-state index contributed by atoms with van der Waals surface area (Å²) < 4.78 is 17.8. The number of aliphatic hydroxyl groups is 1. The summed E-state index contributed by atoms with van der Waals surface area (Å²) in [5, 5.41) is 13.3. The molecule has 45 heavy (non-hydrogen) atoms. The fourth-order valence-corrected chi connectivity index (χ4v) is 7.41. The number of carbonyl (C=O) groups excluding carboxylic acids is 4. The first-order chi connectivity index (χ1) is 21.6. The molecule has 252 valence electrons. The first-order valence-corrected chi connectivity index (χ1v) is 16.5. The number of allylic oxidation sites excluding steroid dienone is 1. The molecule has 0 radical (unpaired) electrons. The Kier molecular flexibility index (Phi) is 12.2. The van der Waals surface area contributed by atoms with Crippen molar-refractivity contribution in [2.24, 2.45) is 17.8 Å². The lowest BCUT2D eigenvalue weighted by molar-refractivity contribution is -0.160. The molecule has 4 fully saturated rings. The second kappa shape index (κ2) is 15.7. The highest BCUT2D eigenvalue weighted by Crippen LogP contribution is 2.59. The smallest absolute Gasteiger partial charge is 0.312 e. The van der Waals surface area contributed by atoms with Crippen LogP contribution in [0, 0.1) is 17.8 Å². The van der Waals surface area contributed by atoms with Crippen molar-refractivity contribution in [2.75, 3.05) is 59.1 Å². The van der Waals surface area contributed by atoms with Gasteiger partial charge in [-0.3, -0.25) is 24.1 Å². The average Bonchev–Trinajstić information content (AvgIpc) is 3.69. The maximum atomic E-state index is 14.6. The lowest BCUT2D eigenvalue weighted by Gasteiger charge is -2.41. The highest BCUT2D eigenvalue weighted by molar-refractivity contribution is 5.98. The third-order valence-electron chi connectivity index (χ3n) is 10.0. The minimum atomic E-state index is -1.20. The van der Waals surface area contributed by atoms with E-state index in [2.05, 4.69) is 23.4 Å². The largest absolute Gasteiger partial charge is 0.460 e. The van der Waals surface area contributed by atoms with Crippen LogP contribution in [-0.4, -0.2) is 132 Å². The summed E-state index contributed by atoms with van der Waals surface area (Å²) in [7, 11) is 0. The van der Waals surface area contributed by atoms with E-state index in [9.17, 15) is 24.3 Å². The van der Waals surface area contributed by atoms with Gasteiger partial charge in [0.15, 0.2) is 0 Å². The number of aliphatic hydroxyl groups excluding tert-OH is 1. The number of fused-ring (bicyclic) bond motifs is 1. The monoisotopic (exact) mass is 632 g/mol. The van der Waals surface area contributed by atoms with Crippen LogP contribution in [0.2, 0.25) is 0 Å². The quantitative estimate of drug-likeness (QED) is 0.179. The molecular weight excluding hydrogens is 580 g/mol. The van der Waals surface area contributed by atoms with Gasteiger partial charge in [0.2, 0.25) is 17.7 Å². The fourth-order valence-electron chi connectivity index (χ4n) is 7.41. The van der Waals surface area contributed by atoms with Crippen molar-refractivity contribution in [3.05, 3.63) is 25.3 Å². The van der Waals surface area contributed by atoms with Crippen molar-refractivity contribution in [2.45, 2.75) is 82.8 Å². The van der Waals surface area contributed by atoms with Crippen LogP contribution in [0.15, 0.2) is 25.3 Å². The van der Waals surface area contributed by atoms with Crippen molar-refractivity contribution in [3.8, 4) is 0 Å². The van der Waals surface area contributed by atoms with E-state index in [1.807, 2.05) is 13.8 Å². The van der Waals surface area contributed by atoms with Crippen LogP contribution in [-0.2, 0) is 33.4 Å². The third-order valence-corrected chi connectivity index (χ3v) is 10.0. The summed E-state index contributed by atoms with van der Waals surface area (Å²) in [6.45, 7) is 17.2. The van der Waals surface area contributed by atoms with Crippen LogP contribution in [0.1, 0.15) is 52.9 Å². The minimum absolute atomic E-state index is 0.0991. The van der Waals surface area contributed by atoms with Gasteiger partial charge < -0.3 is 34.4 Å². The molecule has 12 heteroatoms. The molecule has 8 atom stereocenters. The molecule has 2 bridgehead atoms. The predicted molar refractivity (Wildman–Crippen MR) is 167 cm³/mol. The van der Waals surface area contributed by atoms with Gasteiger partial charge in [0.1, 0.15) is 17.7 Å². The first kappa shape index (κ1) is 35.1. The van der Waals surface area contributed by atoms with Crippen molar-refractivity contribution in [1.82, 2.24) is 20.0 Å². The molecule has 0 aromatic rings. The van der Waals surface area contributed by atoms with Gasteiger partial charge in [-0.2, -0.15) is 0 Å². The molecule has 0 aromatic carbocycles. The number of morpholine rings is 1. The number of hydrogen-bond acceptors (Lipinski definition) is 9. The Hall–Kier alpha value is -2.80. The van der Waals surface area contributed by atoms with Crippen LogP contribution < -0.4 is 5.32 Å². The molecule has 0 aliphatic carbocycles. The molecule has 4 aliphatic heterocycles. The molecule has 1 spiro atoms. The Morgan fingerprint density at radius 2 is 1.96 bits per heavy atom. The topological polar surface area (TPSA) is 138 Å². The van der Waals surface area contributed by atoms with E-state index in [-0.39, 0.29) is 36.8 Å². The lowest BCUT2D eigenvalue weighted by Crippen LogP contribution is -2.60. The van der Waals surface area contributed by atoms with Gasteiger partial charge in [0.25, 0.3) is 0 Å². The number of rotatable bonds is 17. The van der Waals surface area contributed by atoms with Crippen LogP contribution in [0.5, 0.6) is 0 Å². The van der Waals surface area contributed by atoms with Crippen LogP contribution >= 0.6 is 0 Å². The molecule has 2 N–H and O–H groups in total. The number of likely N-dealkylation sites (tertiary alicyclic amines) is 1. The number of nitrogens with one attached hydrogen (secondary N) is 1. The van der Waals surface area contributed by atoms with E-state index in [1.165, 1.54) is 4.90 Å². The summed E-state index contributed by atoms with van der Waals surface area (Å²) in [4.78, 5) is 60.3. The maximum Gasteiger partial charge on any atom is 0.312 e. The molecule has 3 amide bonds. The van der Waals surface area contributed by atoms with Crippen LogP contribution in [0.3, 0.4) is 0 Å². The van der Waals surface area contributed by atoms with Crippen molar-refractivity contribution in [1.29, 1.82) is 0 Å². The summed E-state index contributed by atoms with van der Waals surface area (Å²) >= 11 is 0. The Balaban J connectivity index is 1.59. The second-order valence-corrected chi connectivity index (χ2v) is 12.8. The third kappa shape index (κ3) is 7.29. The number of carbonyl (C=O) groups is 4. The van der Waals surface area contributed by atoms with Gasteiger partial charge in [-0.05, 0) is 32.1 Å². The van der Waals surface area contributed by atoms with Crippen molar-refractivity contribution >= 4 is 23.7 Å². The van der Waals surface area contributed by atoms with Crippen molar-refractivity contribution in [3.63, 3.8) is 0 Å². The standard InChI is InChI=1S/C33H52N4O8/c1-6-9-10-26(39)34-20-23(5)44-32(42)27-25-11-12-33(45-25)28(27)30(40)37(24(21-38)22(4)8-3)29(33)31(41)36(13-7-2)15-14-35-16-18-43-19-17-35/h6-7,22-25,27-29,38H,1-2,8-21H2,3-5H3,(H,34,39)/t22-,23-,24-,25-,27+,28+,29-,33+/m0/s1. The van der Waals surface area contributed by atoms with E-state index >= 15 is 0 Å². The predicted octanol–water partition coefficient (Wildman–Crippen LogP) is 1.13. The summed E-state index contributed by atoms with van der Waals surface area (Å²) in [5.41, 5.74) is -1.20. The number of ether oxygens (including phenoxy) is 3. The zero-order valence-corrected chi connectivity index (χ0v) is 27.2. The van der Waals surface area contributed by atoms with Gasteiger partial charge >= 0.3 is 5.97 Å². The van der Waals surface area contributed by atoms with Crippen LogP contribution in [0.4, 0.5) is 0 Å². The van der Waals surface area contributed by atoms with E-state index in [0.717, 1.165) is 13.1 Å². The first-order valence-electron chi connectivity index (χ1n) is 16.5. The van der Waals surface area contributed by atoms with E-state index in [1.54, 1.807) is 24.0 Å². The zero-order valence-electron chi connectivity index (χ0n) is 27.2. The lowest BCUT2D eigenvalue weighted by atomic mass is 9.70. The SMILES string of the molecule is C=CCCC(=O)NC[C@H](C)OC(=O)[C@@H]1[C@@H]2CC[C@]3(O2)[C@H](C(=O)N(CC=C)CCN2CCOCC2)N([C@@H](CO)[C@@H](C)CC)C(=O)[C@@H]13.